The Hall–Kier alpha value is -3.06. The summed E-state index contributed by atoms with van der Waals surface area (Å²) in [5.41, 5.74) is 5.70. The number of anilines is 1. The molecule has 0 fully saturated rings. The van der Waals surface area contributed by atoms with Gasteiger partial charge in [-0.1, -0.05) is 30.3 Å². The van der Waals surface area contributed by atoms with Crippen LogP contribution in [0.1, 0.15) is 5.56 Å². The molecule has 0 spiro atoms. The highest BCUT2D eigenvalue weighted by Gasteiger charge is 2.10. The van der Waals surface area contributed by atoms with E-state index in [9.17, 15) is 0 Å². The van der Waals surface area contributed by atoms with Gasteiger partial charge in [-0.2, -0.15) is 5.10 Å². The summed E-state index contributed by atoms with van der Waals surface area (Å²) >= 11 is 1.49. The molecule has 1 aromatic heterocycles. The highest BCUT2D eigenvalue weighted by molar-refractivity contribution is 7.14. The molecule has 134 valence electrons. The number of rotatable bonds is 7. The van der Waals surface area contributed by atoms with Crippen LogP contribution in [0.2, 0.25) is 0 Å². The Morgan fingerprint density at radius 3 is 2.35 bits per heavy atom. The molecule has 0 unspecified atom stereocenters. The maximum absolute atomic E-state index is 5.38. The Bertz CT molecular complexity index is 894. The molecule has 0 saturated carbocycles. The predicted molar refractivity (Wildman–Crippen MR) is 105 cm³/mol. The van der Waals surface area contributed by atoms with E-state index in [1.54, 1.807) is 39.7 Å². The molecule has 26 heavy (non-hydrogen) atoms. The van der Waals surface area contributed by atoms with Crippen molar-refractivity contribution in [3.63, 3.8) is 0 Å². The van der Waals surface area contributed by atoms with Crippen molar-refractivity contribution in [1.82, 2.24) is 4.98 Å². The number of hydrogen-bond donors (Lipinski definition) is 1. The number of nitrogens with zero attached hydrogens (tertiary/aromatic N) is 2. The molecule has 0 aliphatic heterocycles. The van der Waals surface area contributed by atoms with E-state index in [0.717, 1.165) is 16.8 Å². The standard InChI is InChI=1S/C19H19N3O3S/c1-23-16-10-18(25-3)17(24-2)9-14(16)11-20-22-19-21-15(12-26-19)13-7-5-4-6-8-13/h4-12H,1-3H3,(H,21,22). The van der Waals surface area contributed by atoms with E-state index >= 15 is 0 Å². The van der Waals surface area contributed by atoms with E-state index in [-0.39, 0.29) is 0 Å². The number of hydrazone groups is 1. The molecule has 0 aliphatic carbocycles. The van der Waals surface area contributed by atoms with Crippen molar-refractivity contribution < 1.29 is 14.2 Å². The average Bonchev–Trinajstić information content (AvgIpc) is 3.17. The third-order valence-electron chi connectivity index (χ3n) is 3.67. The fourth-order valence-electron chi connectivity index (χ4n) is 2.38. The fraction of sp³-hybridized carbons (Fsp3) is 0.158. The number of ether oxygens (including phenoxy) is 3. The van der Waals surface area contributed by atoms with Crippen LogP contribution < -0.4 is 19.6 Å². The Labute approximate surface area is 156 Å². The van der Waals surface area contributed by atoms with Crippen molar-refractivity contribution in [3.8, 4) is 28.5 Å². The molecule has 3 aromatic rings. The van der Waals surface area contributed by atoms with Gasteiger partial charge in [-0.15, -0.1) is 11.3 Å². The molecule has 0 aliphatic rings. The van der Waals surface area contributed by atoms with Crippen molar-refractivity contribution in [2.45, 2.75) is 0 Å². The van der Waals surface area contributed by atoms with E-state index in [1.165, 1.54) is 11.3 Å². The zero-order valence-electron chi connectivity index (χ0n) is 14.7. The van der Waals surface area contributed by atoms with Gasteiger partial charge in [-0.3, -0.25) is 5.43 Å². The smallest absolute Gasteiger partial charge is 0.203 e. The van der Waals surface area contributed by atoms with Crippen LogP contribution in [0.25, 0.3) is 11.3 Å². The van der Waals surface area contributed by atoms with E-state index in [4.69, 9.17) is 14.2 Å². The van der Waals surface area contributed by atoms with Crippen LogP contribution in [0.4, 0.5) is 5.13 Å². The highest BCUT2D eigenvalue weighted by atomic mass is 32.1. The zero-order valence-corrected chi connectivity index (χ0v) is 15.5. The lowest BCUT2D eigenvalue weighted by Crippen LogP contribution is -1.98. The van der Waals surface area contributed by atoms with Gasteiger partial charge in [0.15, 0.2) is 11.5 Å². The Morgan fingerprint density at radius 1 is 0.962 bits per heavy atom. The first-order valence-electron chi connectivity index (χ1n) is 7.85. The average molecular weight is 369 g/mol. The Balaban J connectivity index is 1.76. The summed E-state index contributed by atoms with van der Waals surface area (Å²) in [7, 11) is 4.77. The predicted octanol–water partition coefficient (Wildman–Crippen LogP) is 4.28. The topological polar surface area (TPSA) is 65.0 Å². The van der Waals surface area contributed by atoms with Crippen LogP contribution in [0.5, 0.6) is 17.2 Å². The fourth-order valence-corrected chi connectivity index (χ4v) is 3.05. The number of nitrogens with one attached hydrogen (secondary N) is 1. The first-order chi connectivity index (χ1) is 12.7. The summed E-state index contributed by atoms with van der Waals surface area (Å²) in [6.07, 6.45) is 1.66. The van der Waals surface area contributed by atoms with Crippen LogP contribution in [0.3, 0.4) is 0 Å². The van der Waals surface area contributed by atoms with E-state index in [0.29, 0.717) is 22.4 Å². The molecule has 0 amide bonds. The first-order valence-corrected chi connectivity index (χ1v) is 8.73. The summed E-state index contributed by atoms with van der Waals surface area (Å²) in [5, 5.41) is 6.95. The Kier molecular flexibility index (Phi) is 5.70. The summed E-state index contributed by atoms with van der Waals surface area (Å²) in [4.78, 5) is 4.53. The van der Waals surface area contributed by atoms with Gasteiger partial charge in [0.25, 0.3) is 0 Å². The Morgan fingerprint density at radius 2 is 1.65 bits per heavy atom. The quantitative estimate of drug-likeness (QED) is 0.497. The first kappa shape index (κ1) is 17.8. The van der Waals surface area contributed by atoms with Crippen LogP contribution >= 0.6 is 11.3 Å². The molecular formula is C19H19N3O3S. The SMILES string of the molecule is COc1cc(OC)c(OC)cc1C=NNc1nc(-c2ccccc2)cs1. The molecule has 1 heterocycles. The normalized spacial score (nSPS) is 10.7. The minimum Gasteiger partial charge on any atom is -0.496 e. The van der Waals surface area contributed by atoms with Gasteiger partial charge in [0, 0.05) is 22.6 Å². The maximum atomic E-state index is 5.38. The van der Waals surface area contributed by atoms with Crippen molar-refractivity contribution >= 4 is 22.7 Å². The maximum Gasteiger partial charge on any atom is 0.203 e. The number of hydrogen-bond acceptors (Lipinski definition) is 7. The lowest BCUT2D eigenvalue weighted by molar-refractivity contribution is 0.349. The van der Waals surface area contributed by atoms with Gasteiger partial charge in [0.05, 0.1) is 33.2 Å². The van der Waals surface area contributed by atoms with Crippen LogP contribution in [-0.2, 0) is 0 Å². The second kappa shape index (κ2) is 8.35. The summed E-state index contributed by atoms with van der Waals surface area (Å²) in [5.74, 6) is 1.84. The van der Waals surface area contributed by atoms with E-state index < -0.39 is 0 Å². The minimum absolute atomic E-state index is 0.599. The molecule has 0 atom stereocenters. The highest BCUT2D eigenvalue weighted by Crippen LogP contribution is 2.33. The lowest BCUT2D eigenvalue weighted by atomic mass is 10.2. The molecule has 0 radical (unpaired) electrons. The van der Waals surface area contributed by atoms with Gasteiger partial charge < -0.3 is 14.2 Å². The lowest BCUT2D eigenvalue weighted by Gasteiger charge is -2.11. The molecule has 1 N–H and O–H groups in total. The molecule has 2 aromatic carbocycles. The van der Waals surface area contributed by atoms with Crippen LogP contribution in [0, 0.1) is 0 Å². The number of aromatic nitrogens is 1. The third kappa shape index (κ3) is 3.94. The molecule has 0 bridgehead atoms. The summed E-state index contributed by atoms with van der Waals surface area (Å²) in [6, 6.07) is 13.6. The van der Waals surface area contributed by atoms with Crippen molar-refractivity contribution in [3.05, 3.63) is 53.4 Å². The molecule has 3 rings (SSSR count). The van der Waals surface area contributed by atoms with E-state index in [1.807, 2.05) is 35.7 Å². The molecule has 0 saturated heterocycles. The summed E-state index contributed by atoms with van der Waals surface area (Å²) < 4.78 is 16.0. The van der Waals surface area contributed by atoms with Crippen molar-refractivity contribution in [2.24, 2.45) is 5.10 Å². The largest absolute Gasteiger partial charge is 0.496 e. The van der Waals surface area contributed by atoms with E-state index in [2.05, 4.69) is 15.5 Å². The van der Waals surface area contributed by atoms with Crippen LogP contribution in [-0.4, -0.2) is 32.5 Å². The molecule has 7 heteroatoms. The van der Waals surface area contributed by atoms with Gasteiger partial charge in [0.2, 0.25) is 5.13 Å². The minimum atomic E-state index is 0.599. The number of thiazole rings is 1. The van der Waals surface area contributed by atoms with Gasteiger partial charge in [0.1, 0.15) is 5.75 Å². The summed E-state index contributed by atoms with van der Waals surface area (Å²) in [6.45, 7) is 0. The number of methoxy groups -OCH3 is 3. The van der Waals surface area contributed by atoms with Crippen molar-refractivity contribution in [1.29, 1.82) is 0 Å². The second-order valence-corrected chi connectivity index (χ2v) is 6.08. The number of benzene rings is 2. The van der Waals surface area contributed by atoms with Gasteiger partial charge in [-0.05, 0) is 6.07 Å². The second-order valence-electron chi connectivity index (χ2n) is 5.22. The molecule has 6 nitrogen and oxygen atoms in total. The zero-order chi connectivity index (χ0) is 18.4. The van der Waals surface area contributed by atoms with Gasteiger partial charge >= 0.3 is 0 Å². The van der Waals surface area contributed by atoms with Crippen LogP contribution in [0.15, 0.2) is 52.9 Å². The van der Waals surface area contributed by atoms with Gasteiger partial charge in [-0.25, -0.2) is 4.98 Å². The molecular weight excluding hydrogens is 350 g/mol. The third-order valence-corrected chi connectivity index (χ3v) is 4.42. The van der Waals surface area contributed by atoms with Crippen molar-refractivity contribution in [2.75, 3.05) is 26.8 Å². The monoisotopic (exact) mass is 369 g/mol.